The van der Waals surface area contributed by atoms with Crippen LogP contribution in [0.15, 0.2) is 54.6 Å². The van der Waals surface area contributed by atoms with Gasteiger partial charge in [-0.05, 0) is 57.7 Å². The molecule has 38 heavy (non-hydrogen) atoms. The standard InChI is InChI=1S/C26H34N4O2.C2H2O4/c1-27(2)15-20-30-24-13-7-6-11-22(24)25(31)23(26(30)32)12-8-14-28-16-18-29(19-17-28)21-9-4-3-5-10-21;3-1(4)2(5)6/h3-7,9-11,13,23H,8,12,14-20H2,1-2H3;(H,3,4)(H,5,6). The third-order valence-electron chi connectivity index (χ3n) is 6.76. The molecule has 1 fully saturated rings. The Bertz CT molecular complexity index is 1100. The third kappa shape index (κ3) is 7.62. The zero-order valence-corrected chi connectivity index (χ0v) is 22.0. The molecule has 1 saturated heterocycles. The van der Waals surface area contributed by atoms with E-state index in [4.69, 9.17) is 19.8 Å². The van der Waals surface area contributed by atoms with Crippen molar-refractivity contribution in [3.63, 3.8) is 0 Å². The number of carbonyl (C=O) groups excluding carboxylic acids is 2. The molecule has 0 spiro atoms. The Balaban J connectivity index is 0.000000599. The van der Waals surface area contributed by atoms with Gasteiger partial charge in [0.15, 0.2) is 5.78 Å². The van der Waals surface area contributed by atoms with Gasteiger partial charge in [0.1, 0.15) is 5.92 Å². The number of ketones is 1. The smallest absolute Gasteiger partial charge is 0.414 e. The molecule has 2 N–H and O–H groups in total. The first kappa shape index (κ1) is 28.8. The number of amides is 1. The number of piperazine rings is 1. The van der Waals surface area contributed by atoms with E-state index in [2.05, 4.69) is 39.0 Å². The summed E-state index contributed by atoms with van der Waals surface area (Å²) in [5.41, 5.74) is 2.73. The second kappa shape index (κ2) is 13.7. The lowest BCUT2D eigenvalue weighted by Crippen LogP contribution is -2.48. The van der Waals surface area contributed by atoms with Crippen LogP contribution in [0.2, 0.25) is 0 Å². The Hall–Kier alpha value is -3.76. The molecule has 10 nitrogen and oxygen atoms in total. The summed E-state index contributed by atoms with van der Waals surface area (Å²) in [7, 11) is 4.00. The molecule has 2 aromatic carbocycles. The van der Waals surface area contributed by atoms with Crippen LogP contribution in [0.4, 0.5) is 11.4 Å². The normalized spacial score (nSPS) is 17.6. The molecule has 0 aliphatic carbocycles. The topological polar surface area (TPSA) is 122 Å². The van der Waals surface area contributed by atoms with Crippen molar-refractivity contribution in [3.8, 4) is 0 Å². The number of benzene rings is 2. The first-order valence-electron chi connectivity index (χ1n) is 12.8. The SMILES string of the molecule is CN(C)CCN1C(=O)C(CCCN2CCN(c3ccccc3)CC2)C(=O)c2ccccc21.O=C(O)C(=O)O. The van der Waals surface area contributed by atoms with Gasteiger partial charge in [0.2, 0.25) is 5.91 Å². The fourth-order valence-electron chi connectivity index (χ4n) is 4.70. The minimum atomic E-state index is -1.82. The van der Waals surface area contributed by atoms with E-state index in [9.17, 15) is 9.59 Å². The molecular weight excluding hydrogens is 488 g/mol. The number of rotatable bonds is 8. The van der Waals surface area contributed by atoms with E-state index in [1.807, 2.05) is 49.3 Å². The number of nitrogens with zero attached hydrogens (tertiary/aromatic N) is 4. The Labute approximate surface area is 223 Å². The number of hydrogen-bond donors (Lipinski definition) is 2. The first-order chi connectivity index (χ1) is 18.2. The lowest BCUT2D eigenvalue weighted by Gasteiger charge is -2.37. The molecule has 0 bridgehead atoms. The molecule has 1 unspecified atom stereocenters. The Morgan fingerprint density at radius 3 is 2.08 bits per heavy atom. The van der Waals surface area contributed by atoms with Crippen LogP contribution in [0.25, 0.3) is 0 Å². The molecule has 10 heteroatoms. The van der Waals surface area contributed by atoms with Gasteiger partial charge in [0.25, 0.3) is 0 Å². The van der Waals surface area contributed by atoms with Gasteiger partial charge >= 0.3 is 11.9 Å². The summed E-state index contributed by atoms with van der Waals surface area (Å²) >= 11 is 0. The van der Waals surface area contributed by atoms with Crippen LogP contribution < -0.4 is 9.80 Å². The van der Waals surface area contributed by atoms with Crippen molar-refractivity contribution in [3.05, 3.63) is 60.2 Å². The molecule has 2 aliphatic rings. The Morgan fingerprint density at radius 1 is 0.868 bits per heavy atom. The van der Waals surface area contributed by atoms with Gasteiger partial charge in [-0.25, -0.2) is 9.59 Å². The number of carboxylic acid groups (broad SMARTS) is 2. The van der Waals surface area contributed by atoms with Gasteiger partial charge in [-0.2, -0.15) is 0 Å². The van der Waals surface area contributed by atoms with Crippen LogP contribution in [0.1, 0.15) is 23.2 Å². The minimum absolute atomic E-state index is 0.0133. The van der Waals surface area contributed by atoms with Crippen molar-refractivity contribution in [2.45, 2.75) is 12.8 Å². The Kier molecular flexibility index (Phi) is 10.4. The van der Waals surface area contributed by atoms with E-state index in [-0.39, 0.29) is 11.7 Å². The second-order valence-corrected chi connectivity index (χ2v) is 9.64. The van der Waals surface area contributed by atoms with Crippen molar-refractivity contribution >= 4 is 35.0 Å². The van der Waals surface area contributed by atoms with Gasteiger partial charge in [-0.1, -0.05) is 30.3 Å². The van der Waals surface area contributed by atoms with Crippen molar-refractivity contribution in [1.29, 1.82) is 0 Å². The quantitative estimate of drug-likeness (QED) is 0.395. The lowest BCUT2D eigenvalue weighted by molar-refractivity contribution is -0.159. The summed E-state index contributed by atoms with van der Waals surface area (Å²) in [5, 5.41) is 14.8. The number of carbonyl (C=O) groups is 4. The summed E-state index contributed by atoms with van der Waals surface area (Å²) in [6.45, 7) is 6.35. The van der Waals surface area contributed by atoms with E-state index in [0.29, 0.717) is 18.5 Å². The second-order valence-electron chi connectivity index (χ2n) is 9.64. The number of aliphatic carboxylic acids is 2. The molecule has 0 saturated carbocycles. The van der Waals surface area contributed by atoms with E-state index < -0.39 is 17.9 Å². The van der Waals surface area contributed by atoms with Crippen LogP contribution in [0, 0.1) is 5.92 Å². The van der Waals surface area contributed by atoms with Crippen LogP contribution in [-0.4, -0.2) is 104 Å². The molecule has 204 valence electrons. The van der Waals surface area contributed by atoms with Crippen molar-refractivity contribution in [2.75, 3.05) is 69.7 Å². The highest BCUT2D eigenvalue weighted by atomic mass is 16.4. The summed E-state index contributed by atoms with van der Waals surface area (Å²) in [5.74, 6) is -4.26. The lowest BCUT2D eigenvalue weighted by atomic mass is 9.87. The minimum Gasteiger partial charge on any atom is -0.473 e. The van der Waals surface area contributed by atoms with Crippen LogP contribution in [-0.2, 0) is 14.4 Å². The number of anilines is 2. The number of likely N-dealkylation sites (N-methyl/N-ethyl adjacent to an activating group) is 1. The monoisotopic (exact) mass is 524 g/mol. The third-order valence-corrected chi connectivity index (χ3v) is 6.76. The average molecular weight is 525 g/mol. The first-order valence-corrected chi connectivity index (χ1v) is 12.8. The number of fused-ring (bicyclic) bond motifs is 1. The van der Waals surface area contributed by atoms with Gasteiger partial charge < -0.3 is 24.9 Å². The van der Waals surface area contributed by atoms with Crippen LogP contribution in [0.5, 0.6) is 0 Å². The van der Waals surface area contributed by atoms with Crippen molar-refractivity contribution < 1.29 is 29.4 Å². The maximum Gasteiger partial charge on any atom is 0.414 e. The van der Waals surface area contributed by atoms with Crippen molar-refractivity contribution in [1.82, 2.24) is 9.80 Å². The molecule has 0 aromatic heterocycles. The molecule has 4 rings (SSSR count). The van der Waals surface area contributed by atoms with Gasteiger partial charge in [0.05, 0.1) is 5.69 Å². The van der Waals surface area contributed by atoms with E-state index >= 15 is 0 Å². The number of carboxylic acids is 2. The van der Waals surface area contributed by atoms with E-state index in [1.54, 1.807) is 0 Å². The van der Waals surface area contributed by atoms with E-state index in [1.165, 1.54) is 5.69 Å². The highest BCUT2D eigenvalue weighted by Gasteiger charge is 2.38. The predicted molar refractivity (Wildman–Crippen MR) is 145 cm³/mol. The van der Waals surface area contributed by atoms with Gasteiger partial charge in [-0.15, -0.1) is 0 Å². The van der Waals surface area contributed by atoms with Crippen molar-refractivity contribution in [2.24, 2.45) is 5.92 Å². The zero-order valence-electron chi connectivity index (χ0n) is 22.0. The van der Waals surface area contributed by atoms with Crippen LogP contribution in [0.3, 0.4) is 0 Å². The average Bonchev–Trinajstić information content (AvgIpc) is 2.91. The molecule has 2 aliphatic heterocycles. The summed E-state index contributed by atoms with van der Waals surface area (Å²) in [4.78, 5) is 53.3. The fraction of sp³-hybridized carbons (Fsp3) is 0.429. The molecule has 2 heterocycles. The van der Waals surface area contributed by atoms with Crippen LogP contribution >= 0.6 is 0 Å². The highest BCUT2D eigenvalue weighted by molar-refractivity contribution is 6.27. The number of hydrogen-bond acceptors (Lipinski definition) is 7. The van der Waals surface area contributed by atoms with E-state index in [0.717, 1.165) is 51.4 Å². The molecule has 1 atom stereocenters. The fourth-order valence-corrected chi connectivity index (χ4v) is 4.70. The maximum absolute atomic E-state index is 13.3. The number of para-hydroxylation sites is 2. The van der Waals surface area contributed by atoms with Gasteiger partial charge in [-0.3, -0.25) is 14.5 Å². The molecule has 2 aromatic rings. The number of Topliss-reactive ketones (excluding diaryl/α,β-unsaturated/α-hetero) is 1. The molecular formula is C28H36N4O6. The maximum atomic E-state index is 13.3. The largest absolute Gasteiger partial charge is 0.473 e. The molecule has 1 amide bonds. The summed E-state index contributed by atoms with van der Waals surface area (Å²) < 4.78 is 0. The zero-order chi connectivity index (χ0) is 27.7. The summed E-state index contributed by atoms with van der Waals surface area (Å²) in [6, 6.07) is 18.1. The molecule has 0 radical (unpaired) electrons. The summed E-state index contributed by atoms with van der Waals surface area (Å²) in [6.07, 6.45) is 1.47. The van der Waals surface area contributed by atoms with Gasteiger partial charge in [0, 0.05) is 50.5 Å². The highest BCUT2D eigenvalue weighted by Crippen LogP contribution is 2.32. The Morgan fingerprint density at radius 2 is 1.47 bits per heavy atom. The predicted octanol–water partition coefficient (Wildman–Crippen LogP) is 2.15.